The molecule has 2 aromatic heterocycles. The van der Waals surface area contributed by atoms with Crippen molar-refractivity contribution in [1.82, 2.24) is 14.6 Å². The first-order chi connectivity index (χ1) is 11.6. The molecular formula is C16H11ClN4O2S. The maximum Gasteiger partial charge on any atom is 0.283 e. The summed E-state index contributed by atoms with van der Waals surface area (Å²) >= 11 is 7.26. The third-order valence-corrected chi connectivity index (χ3v) is 4.56. The number of methoxy groups -OCH3 is 1. The van der Waals surface area contributed by atoms with Gasteiger partial charge in [0, 0.05) is 10.7 Å². The van der Waals surface area contributed by atoms with Crippen LogP contribution in [0.4, 0.5) is 10.8 Å². The van der Waals surface area contributed by atoms with Gasteiger partial charge in [0.25, 0.3) is 5.56 Å². The minimum absolute atomic E-state index is 0.239. The van der Waals surface area contributed by atoms with Crippen molar-refractivity contribution < 1.29 is 4.74 Å². The molecule has 8 heteroatoms. The summed E-state index contributed by atoms with van der Waals surface area (Å²) in [7, 11) is 1.62. The summed E-state index contributed by atoms with van der Waals surface area (Å²) in [5, 5.41) is 8.98. The van der Waals surface area contributed by atoms with Crippen molar-refractivity contribution in [3.8, 4) is 5.75 Å². The maximum absolute atomic E-state index is 12.6. The number of fused-ring (bicyclic) bond motifs is 2. The van der Waals surface area contributed by atoms with Gasteiger partial charge in [0.2, 0.25) is 10.1 Å². The molecule has 0 fully saturated rings. The minimum Gasteiger partial charge on any atom is -0.497 e. The number of nitrogens with zero attached hydrogens (tertiary/aromatic N) is 3. The van der Waals surface area contributed by atoms with Crippen LogP contribution in [-0.4, -0.2) is 21.7 Å². The third kappa shape index (κ3) is 2.57. The van der Waals surface area contributed by atoms with E-state index >= 15 is 0 Å². The summed E-state index contributed by atoms with van der Waals surface area (Å²) < 4.78 is 6.42. The molecule has 4 aromatic rings. The molecule has 0 aliphatic carbocycles. The van der Waals surface area contributed by atoms with Crippen LogP contribution in [0.25, 0.3) is 15.9 Å². The number of nitrogens with one attached hydrogen (secondary N) is 1. The van der Waals surface area contributed by atoms with Gasteiger partial charge >= 0.3 is 0 Å². The number of aromatic nitrogens is 3. The summed E-state index contributed by atoms with van der Waals surface area (Å²) in [5.41, 5.74) is 1.20. The Morgan fingerprint density at radius 2 is 2.00 bits per heavy atom. The number of benzene rings is 2. The summed E-state index contributed by atoms with van der Waals surface area (Å²) in [6, 6.07) is 12.5. The second kappa shape index (κ2) is 5.77. The zero-order chi connectivity index (χ0) is 16.7. The minimum atomic E-state index is -0.239. The van der Waals surface area contributed by atoms with Gasteiger partial charge in [0.1, 0.15) is 5.75 Å². The summed E-state index contributed by atoms with van der Waals surface area (Å²) in [6.45, 7) is 0. The number of rotatable bonds is 3. The molecular weight excluding hydrogens is 348 g/mol. The van der Waals surface area contributed by atoms with Crippen LogP contribution in [-0.2, 0) is 0 Å². The van der Waals surface area contributed by atoms with Crippen molar-refractivity contribution in [3.05, 3.63) is 57.8 Å². The highest BCUT2D eigenvalue weighted by molar-refractivity contribution is 7.20. The molecule has 120 valence electrons. The highest BCUT2D eigenvalue weighted by Crippen LogP contribution is 2.24. The second-order valence-electron chi connectivity index (χ2n) is 5.03. The van der Waals surface area contributed by atoms with Gasteiger partial charge in [-0.3, -0.25) is 4.79 Å². The molecule has 0 aliphatic heterocycles. The SMILES string of the molecule is COc1ccc(Nc2nn3c(=O)c4cc(Cl)ccc4nc3s2)cc1. The maximum atomic E-state index is 12.6. The van der Waals surface area contributed by atoms with E-state index in [4.69, 9.17) is 16.3 Å². The molecule has 0 unspecified atom stereocenters. The van der Waals surface area contributed by atoms with E-state index in [-0.39, 0.29) is 5.56 Å². The molecule has 0 aliphatic rings. The van der Waals surface area contributed by atoms with E-state index in [0.29, 0.717) is 26.0 Å². The number of hydrogen-bond donors (Lipinski definition) is 1. The second-order valence-corrected chi connectivity index (χ2v) is 6.43. The molecule has 2 heterocycles. The van der Waals surface area contributed by atoms with Crippen LogP contribution >= 0.6 is 22.9 Å². The zero-order valence-electron chi connectivity index (χ0n) is 12.5. The Morgan fingerprint density at radius 3 is 2.75 bits per heavy atom. The van der Waals surface area contributed by atoms with Gasteiger partial charge in [-0.15, -0.1) is 5.10 Å². The largest absolute Gasteiger partial charge is 0.497 e. The Morgan fingerprint density at radius 1 is 1.21 bits per heavy atom. The number of anilines is 2. The Hall–Kier alpha value is -2.64. The molecule has 1 N–H and O–H groups in total. The smallest absolute Gasteiger partial charge is 0.283 e. The van der Waals surface area contributed by atoms with E-state index in [2.05, 4.69) is 15.4 Å². The van der Waals surface area contributed by atoms with Crippen LogP contribution in [0.5, 0.6) is 5.75 Å². The van der Waals surface area contributed by atoms with E-state index in [1.807, 2.05) is 24.3 Å². The van der Waals surface area contributed by atoms with Crippen molar-refractivity contribution >= 4 is 49.6 Å². The van der Waals surface area contributed by atoms with Crippen LogP contribution < -0.4 is 15.6 Å². The van der Waals surface area contributed by atoms with Gasteiger partial charge in [0.05, 0.1) is 18.0 Å². The molecule has 0 saturated carbocycles. The number of halogens is 1. The van der Waals surface area contributed by atoms with E-state index < -0.39 is 0 Å². The molecule has 0 bridgehead atoms. The molecule has 2 aromatic carbocycles. The average Bonchev–Trinajstić information content (AvgIpc) is 2.99. The normalized spacial score (nSPS) is 11.1. The number of hydrogen-bond acceptors (Lipinski definition) is 6. The molecule has 0 saturated heterocycles. The third-order valence-electron chi connectivity index (χ3n) is 3.50. The van der Waals surface area contributed by atoms with E-state index in [0.717, 1.165) is 11.4 Å². The quantitative estimate of drug-likeness (QED) is 0.604. The fourth-order valence-electron chi connectivity index (χ4n) is 2.33. The van der Waals surface area contributed by atoms with Crippen LogP contribution in [0.1, 0.15) is 0 Å². The van der Waals surface area contributed by atoms with Crippen molar-refractivity contribution in [2.75, 3.05) is 12.4 Å². The Labute approximate surface area is 145 Å². The molecule has 0 amide bonds. The van der Waals surface area contributed by atoms with Gasteiger partial charge in [0.15, 0.2) is 0 Å². The summed E-state index contributed by atoms with van der Waals surface area (Å²) in [5.74, 6) is 0.769. The lowest BCUT2D eigenvalue weighted by Gasteiger charge is -2.03. The van der Waals surface area contributed by atoms with Gasteiger partial charge in [-0.2, -0.15) is 4.52 Å². The van der Waals surface area contributed by atoms with Crippen molar-refractivity contribution in [2.45, 2.75) is 0 Å². The van der Waals surface area contributed by atoms with Crippen LogP contribution in [0.15, 0.2) is 47.3 Å². The molecule has 0 radical (unpaired) electrons. The first kappa shape index (κ1) is 14.9. The van der Waals surface area contributed by atoms with E-state index in [1.165, 1.54) is 15.9 Å². The van der Waals surface area contributed by atoms with Gasteiger partial charge in [-0.25, -0.2) is 4.98 Å². The standard InChI is InChI=1S/C16H11ClN4O2S/c1-23-11-5-3-10(4-6-11)18-15-20-21-14(22)12-8-9(17)2-7-13(12)19-16(21)24-15/h2-8H,1H3,(H,18,20). The Kier molecular flexibility index (Phi) is 3.59. The first-order valence-corrected chi connectivity index (χ1v) is 8.24. The molecule has 6 nitrogen and oxygen atoms in total. The molecule has 0 atom stereocenters. The average molecular weight is 359 g/mol. The monoisotopic (exact) mass is 358 g/mol. The highest BCUT2D eigenvalue weighted by atomic mass is 35.5. The van der Waals surface area contributed by atoms with Crippen molar-refractivity contribution in [1.29, 1.82) is 0 Å². The van der Waals surface area contributed by atoms with Gasteiger partial charge in [-0.1, -0.05) is 22.9 Å². The fraction of sp³-hybridized carbons (Fsp3) is 0.0625. The molecule has 24 heavy (non-hydrogen) atoms. The van der Waals surface area contributed by atoms with E-state index in [9.17, 15) is 4.79 Å². The highest BCUT2D eigenvalue weighted by Gasteiger charge is 2.11. The fourth-order valence-corrected chi connectivity index (χ4v) is 3.32. The predicted molar refractivity (Wildman–Crippen MR) is 95.9 cm³/mol. The van der Waals surface area contributed by atoms with Crippen molar-refractivity contribution in [2.24, 2.45) is 0 Å². The molecule has 0 spiro atoms. The lowest BCUT2D eigenvalue weighted by Crippen LogP contribution is -2.15. The topological polar surface area (TPSA) is 68.5 Å². The Bertz CT molecular complexity index is 1100. The zero-order valence-corrected chi connectivity index (χ0v) is 14.1. The van der Waals surface area contributed by atoms with Crippen LogP contribution in [0, 0.1) is 0 Å². The Balaban J connectivity index is 1.78. The van der Waals surface area contributed by atoms with Gasteiger partial charge < -0.3 is 10.1 Å². The lowest BCUT2D eigenvalue weighted by molar-refractivity contribution is 0.415. The first-order valence-electron chi connectivity index (χ1n) is 7.04. The van der Waals surface area contributed by atoms with Crippen LogP contribution in [0.3, 0.4) is 0 Å². The predicted octanol–water partition coefficient (Wildman–Crippen LogP) is 3.71. The van der Waals surface area contributed by atoms with Crippen LogP contribution in [0.2, 0.25) is 5.02 Å². The van der Waals surface area contributed by atoms with Crippen molar-refractivity contribution in [3.63, 3.8) is 0 Å². The lowest BCUT2D eigenvalue weighted by atomic mass is 10.2. The molecule has 4 rings (SSSR count). The summed E-state index contributed by atoms with van der Waals surface area (Å²) in [6.07, 6.45) is 0. The van der Waals surface area contributed by atoms with Gasteiger partial charge in [-0.05, 0) is 42.5 Å². The summed E-state index contributed by atoms with van der Waals surface area (Å²) in [4.78, 5) is 17.5. The number of ether oxygens (including phenoxy) is 1. The van der Waals surface area contributed by atoms with E-state index in [1.54, 1.807) is 25.3 Å².